The Kier molecular flexibility index (Phi) is 2.26. The Morgan fingerprint density at radius 2 is 2.18 bits per heavy atom. The maximum Gasteiger partial charge on any atom is 0.177 e. The van der Waals surface area contributed by atoms with Crippen molar-refractivity contribution >= 4 is 20.9 Å². The van der Waals surface area contributed by atoms with Crippen LogP contribution in [0.4, 0.5) is 0 Å². The Labute approximate surface area is 100 Å². The van der Waals surface area contributed by atoms with Gasteiger partial charge in [0.1, 0.15) is 0 Å². The van der Waals surface area contributed by atoms with E-state index in [-0.39, 0.29) is 0 Å². The lowest BCUT2D eigenvalue weighted by Crippen LogP contribution is -2.04. The van der Waals surface area contributed by atoms with Crippen LogP contribution in [-0.4, -0.2) is 24.2 Å². The molecule has 0 spiro atoms. The number of hydrogen-bond acceptors (Lipinski definition) is 3. The molecule has 1 aromatic carbocycles. The highest BCUT2D eigenvalue weighted by atomic mass is 32.2. The molecule has 4 nitrogen and oxygen atoms in total. The van der Waals surface area contributed by atoms with Crippen molar-refractivity contribution in [2.75, 3.05) is 6.26 Å². The number of para-hydroxylation sites is 1. The van der Waals surface area contributed by atoms with Gasteiger partial charge in [0.2, 0.25) is 0 Å². The highest BCUT2D eigenvalue weighted by Crippen LogP contribution is 2.32. The summed E-state index contributed by atoms with van der Waals surface area (Å²) < 4.78 is 25.5. The average Bonchev–Trinajstić information content (AvgIpc) is 2.97. The molecule has 1 saturated carbocycles. The largest absolute Gasteiger partial charge is 0.329 e. The van der Waals surface area contributed by atoms with Crippen LogP contribution in [0.1, 0.15) is 12.8 Å². The first-order valence-corrected chi connectivity index (χ1v) is 7.59. The van der Waals surface area contributed by atoms with Gasteiger partial charge in [-0.1, -0.05) is 6.07 Å². The third kappa shape index (κ3) is 1.95. The van der Waals surface area contributed by atoms with Gasteiger partial charge in [-0.3, -0.25) is 0 Å². The molecule has 0 bridgehead atoms. The van der Waals surface area contributed by atoms with Gasteiger partial charge in [0.25, 0.3) is 0 Å². The van der Waals surface area contributed by atoms with Crippen LogP contribution in [0.15, 0.2) is 29.4 Å². The first-order valence-electron chi connectivity index (χ1n) is 5.69. The number of nitrogens with zero attached hydrogens (tertiary/aromatic N) is 2. The molecular weight excluding hydrogens is 236 g/mol. The minimum absolute atomic E-state index is 0.383. The van der Waals surface area contributed by atoms with Crippen molar-refractivity contribution in [3.05, 3.63) is 24.5 Å². The number of benzene rings is 1. The van der Waals surface area contributed by atoms with Gasteiger partial charge < -0.3 is 4.57 Å². The van der Waals surface area contributed by atoms with Crippen molar-refractivity contribution in [2.45, 2.75) is 24.3 Å². The molecule has 0 unspecified atom stereocenters. The minimum atomic E-state index is -3.20. The lowest BCUT2D eigenvalue weighted by molar-refractivity contribution is 0.600. The first-order chi connectivity index (χ1) is 8.05. The maximum absolute atomic E-state index is 11.8. The summed E-state index contributed by atoms with van der Waals surface area (Å²) in [5.41, 5.74) is 1.51. The molecule has 17 heavy (non-hydrogen) atoms. The molecular formula is C12H14N2O2S. The molecule has 2 aromatic rings. The molecule has 3 rings (SSSR count). The zero-order valence-corrected chi connectivity index (χ0v) is 10.4. The Bertz CT molecular complexity index is 669. The van der Waals surface area contributed by atoms with Crippen LogP contribution in [0.2, 0.25) is 0 Å². The number of rotatable bonds is 3. The zero-order chi connectivity index (χ0) is 12.0. The smallest absolute Gasteiger partial charge is 0.177 e. The van der Waals surface area contributed by atoms with E-state index in [4.69, 9.17) is 0 Å². The van der Waals surface area contributed by atoms with Crippen LogP contribution in [0.25, 0.3) is 11.0 Å². The van der Waals surface area contributed by atoms with E-state index in [1.807, 2.05) is 10.6 Å². The van der Waals surface area contributed by atoms with Gasteiger partial charge in [-0.05, 0) is 30.9 Å². The highest BCUT2D eigenvalue weighted by Gasteiger charge is 2.24. The first kappa shape index (κ1) is 10.8. The second kappa shape index (κ2) is 3.57. The van der Waals surface area contributed by atoms with Crippen LogP contribution in [0.3, 0.4) is 0 Å². The predicted octanol–water partition coefficient (Wildman–Crippen LogP) is 1.85. The van der Waals surface area contributed by atoms with Gasteiger partial charge in [-0.25, -0.2) is 13.4 Å². The van der Waals surface area contributed by atoms with E-state index in [9.17, 15) is 8.42 Å². The fourth-order valence-corrected chi connectivity index (χ4v) is 3.01. The molecule has 0 aliphatic heterocycles. The summed E-state index contributed by atoms with van der Waals surface area (Å²) in [5, 5.41) is 0. The molecule has 90 valence electrons. The topological polar surface area (TPSA) is 52.0 Å². The number of hydrogen-bond donors (Lipinski definition) is 0. The lowest BCUT2D eigenvalue weighted by Gasteiger charge is -2.06. The van der Waals surface area contributed by atoms with Gasteiger partial charge in [0, 0.05) is 12.8 Å². The quantitative estimate of drug-likeness (QED) is 0.835. The summed E-state index contributed by atoms with van der Waals surface area (Å²) in [6, 6.07) is 5.25. The van der Waals surface area contributed by atoms with Crippen LogP contribution < -0.4 is 0 Å². The molecule has 1 aromatic heterocycles. The van der Waals surface area contributed by atoms with Crippen molar-refractivity contribution in [2.24, 2.45) is 5.92 Å². The summed E-state index contributed by atoms with van der Waals surface area (Å²) in [4.78, 5) is 4.65. The molecule has 1 aliphatic carbocycles. The van der Waals surface area contributed by atoms with Gasteiger partial charge >= 0.3 is 0 Å². The zero-order valence-electron chi connectivity index (χ0n) is 9.63. The Hall–Kier alpha value is -1.36. The monoisotopic (exact) mass is 250 g/mol. The number of aromatic nitrogens is 2. The third-order valence-corrected chi connectivity index (χ3v) is 4.28. The SMILES string of the molecule is CS(=O)(=O)c1cccc2ncn(CC3CC3)c12. The van der Waals surface area contributed by atoms with Gasteiger partial charge in [0.05, 0.1) is 22.3 Å². The number of fused-ring (bicyclic) bond motifs is 1. The lowest BCUT2D eigenvalue weighted by atomic mass is 10.3. The summed E-state index contributed by atoms with van der Waals surface area (Å²) >= 11 is 0. The molecule has 0 N–H and O–H groups in total. The van der Waals surface area contributed by atoms with Crippen LogP contribution in [0, 0.1) is 5.92 Å². The van der Waals surface area contributed by atoms with Gasteiger partial charge in [0.15, 0.2) is 9.84 Å². The number of sulfone groups is 1. The normalized spacial score (nSPS) is 16.5. The van der Waals surface area contributed by atoms with E-state index in [1.54, 1.807) is 18.5 Å². The fourth-order valence-electron chi connectivity index (χ4n) is 2.11. The van der Waals surface area contributed by atoms with Crippen LogP contribution >= 0.6 is 0 Å². The van der Waals surface area contributed by atoms with E-state index in [0.29, 0.717) is 10.8 Å². The summed E-state index contributed by atoms with van der Waals surface area (Å²) in [5.74, 6) is 0.694. The average molecular weight is 250 g/mol. The Balaban J connectivity index is 2.23. The van der Waals surface area contributed by atoms with Crippen molar-refractivity contribution in [3.63, 3.8) is 0 Å². The Morgan fingerprint density at radius 1 is 1.41 bits per heavy atom. The molecule has 1 fully saturated rings. The van der Waals surface area contributed by atoms with Crippen molar-refractivity contribution in [1.29, 1.82) is 0 Å². The highest BCUT2D eigenvalue weighted by molar-refractivity contribution is 7.91. The summed E-state index contributed by atoms with van der Waals surface area (Å²) in [6.45, 7) is 0.878. The summed E-state index contributed by atoms with van der Waals surface area (Å²) in [6.07, 6.45) is 5.47. The van der Waals surface area contributed by atoms with Crippen molar-refractivity contribution in [3.8, 4) is 0 Å². The van der Waals surface area contributed by atoms with E-state index < -0.39 is 9.84 Å². The molecule has 0 radical (unpaired) electrons. The molecule has 0 amide bonds. The second-order valence-corrected chi connectivity index (χ2v) is 6.72. The summed E-state index contributed by atoms with van der Waals surface area (Å²) in [7, 11) is -3.20. The van der Waals surface area contributed by atoms with E-state index in [2.05, 4.69) is 4.98 Å². The maximum atomic E-state index is 11.8. The molecule has 0 saturated heterocycles. The minimum Gasteiger partial charge on any atom is -0.329 e. The van der Waals surface area contributed by atoms with E-state index in [1.165, 1.54) is 19.1 Å². The Morgan fingerprint density at radius 3 is 2.82 bits per heavy atom. The molecule has 1 heterocycles. The van der Waals surface area contributed by atoms with Gasteiger partial charge in [-0.15, -0.1) is 0 Å². The van der Waals surface area contributed by atoms with Crippen molar-refractivity contribution < 1.29 is 8.42 Å². The standard InChI is InChI=1S/C12H14N2O2S/c1-17(15,16)11-4-2-3-10-12(11)14(8-13-10)7-9-5-6-9/h2-4,8-9H,5-7H2,1H3. The second-order valence-electron chi connectivity index (χ2n) is 4.74. The fraction of sp³-hybridized carbons (Fsp3) is 0.417. The van der Waals surface area contributed by atoms with Gasteiger partial charge in [-0.2, -0.15) is 0 Å². The van der Waals surface area contributed by atoms with Crippen molar-refractivity contribution in [1.82, 2.24) is 9.55 Å². The van der Waals surface area contributed by atoms with E-state index in [0.717, 1.165) is 17.6 Å². The predicted molar refractivity (Wildman–Crippen MR) is 65.6 cm³/mol. The van der Waals surface area contributed by atoms with Crippen LogP contribution in [-0.2, 0) is 16.4 Å². The number of imidazole rings is 1. The third-order valence-electron chi connectivity index (χ3n) is 3.15. The molecule has 5 heteroatoms. The van der Waals surface area contributed by atoms with Crippen LogP contribution in [0.5, 0.6) is 0 Å². The molecule has 0 atom stereocenters. The molecule has 1 aliphatic rings. The van der Waals surface area contributed by atoms with E-state index >= 15 is 0 Å².